The van der Waals surface area contributed by atoms with Crippen LogP contribution in [0.25, 0.3) is 11.2 Å². The molecular formula is C9H10N4OS. The number of nitrogens with zero attached hydrogens (tertiary/aromatic N) is 3. The van der Waals surface area contributed by atoms with Gasteiger partial charge in [-0.15, -0.1) is 0 Å². The lowest BCUT2D eigenvalue weighted by Gasteiger charge is -1.98. The molecule has 0 fully saturated rings. The lowest BCUT2D eigenvalue weighted by molar-refractivity contribution is -0.115. The van der Waals surface area contributed by atoms with E-state index in [0.29, 0.717) is 0 Å². The van der Waals surface area contributed by atoms with Crippen molar-refractivity contribution >= 4 is 28.8 Å². The molecule has 2 N–H and O–H groups in total. The Morgan fingerprint density at radius 1 is 1.67 bits per heavy atom. The Labute approximate surface area is 90.7 Å². The zero-order chi connectivity index (χ0) is 10.8. The first kappa shape index (κ1) is 9.97. The molecule has 0 radical (unpaired) electrons. The topological polar surface area (TPSA) is 73.8 Å². The molecule has 0 unspecified atom stereocenters. The fourth-order valence-electron chi connectivity index (χ4n) is 1.27. The minimum absolute atomic E-state index is 0.233. The van der Waals surface area contributed by atoms with Crippen LogP contribution in [-0.4, -0.2) is 26.2 Å². The number of pyridine rings is 1. The van der Waals surface area contributed by atoms with E-state index < -0.39 is 0 Å². The fourth-order valence-corrected chi connectivity index (χ4v) is 1.98. The number of rotatable bonds is 3. The summed E-state index contributed by atoms with van der Waals surface area (Å²) in [7, 11) is 1.87. The van der Waals surface area contributed by atoms with Crippen LogP contribution < -0.4 is 5.73 Å². The molecule has 5 nitrogen and oxygen atoms in total. The number of thioether (sulfide) groups is 1. The molecule has 0 aliphatic rings. The van der Waals surface area contributed by atoms with Crippen LogP contribution in [0.2, 0.25) is 0 Å². The molecule has 0 spiro atoms. The maximum atomic E-state index is 10.6. The Morgan fingerprint density at radius 2 is 2.47 bits per heavy atom. The fraction of sp³-hybridized carbons (Fsp3) is 0.222. The summed E-state index contributed by atoms with van der Waals surface area (Å²) in [6.45, 7) is 0. The van der Waals surface area contributed by atoms with Gasteiger partial charge in [0.25, 0.3) is 0 Å². The Hall–Kier alpha value is -1.56. The van der Waals surface area contributed by atoms with E-state index in [9.17, 15) is 4.79 Å². The largest absolute Gasteiger partial charge is 0.369 e. The van der Waals surface area contributed by atoms with Crippen molar-refractivity contribution in [3.05, 3.63) is 18.3 Å². The van der Waals surface area contributed by atoms with E-state index in [1.165, 1.54) is 11.8 Å². The zero-order valence-electron chi connectivity index (χ0n) is 8.17. The van der Waals surface area contributed by atoms with E-state index >= 15 is 0 Å². The van der Waals surface area contributed by atoms with Gasteiger partial charge in [0.2, 0.25) is 5.91 Å². The summed E-state index contributed by atoms with van der Waals surface area (Å²) >= 11 is 1.32. The standard InChI is InChI=1S/C9H10N4OS/c1-13-8-6(3-2-4-11-8)12-9(13)15-5-7(10)14/h2-4H,5H2,1H3,(H2,10,14). The van der Waals surface area contributed by atoms with Gasteiger partial charge in [0.1, 0.15) is 5.52 Å². The van der Waals surface area contributed by atoms with Crippen LogP contribution in [0.1, 0.15) is 0 Å². The Bertz CT molecular complexity index is 508. The summed E-state index contributed by atoms with van der Waals surface area (Å²) in [5, 5.41) is 0.752. The highest BCUT2D eigenvalue weighted by atomic mass is 32.2. The highest BCUT2D eigenvalue weighted by Crippen LogP contribution is 2.20. The monoisotopic (exact) mass is 222 g/mol. The number of amides is 1. The first-order valence-electron chi connectivity index (χ1n) is 4.37. The SMILES string of the molecule is Cn1c(SCC(N)=O)nc2cccnc21. The number of carbonyl (C=O) groups is 1. The normalized spacial score (nSPS) is 10.7. The van der Waals surface area contributed by atoms with E-state index in [1.54, 1.807) is 6.20 Å². The minimum Gasteiger partial charge on any atom is -0.369 e. The second-order valence-corrected chi connectivity index (χ2v) is 4.00. The summed E-state index contributed by atoms with van der Waals surface area (Å²) in [6, 6.07) is 3.72. The van der Waals surface area contributed by atoms with Crippen LogP contribution >= 0.6 is 11.8 Å². The molecule has 15 heavy (non-hydrogen) atoms. The van der Waals surface area contributed by atoms with Gasteiger partial charge in [-0.1, -0.05) is 11.8 Å². The zero-order valence-corrected chi connectivity index (χ0v) is 8.99. The number of hydrogen-bond acceptors (Lipinski definition) is 4. The van der Waals surface area contributed by atoms with E-state index in [4.69, 9.17) is 5.73 Å². The van der Waals surface area contributed by atoms with Crippen molar-refractivity contribution < 1.29 is 4.79 Å². The lowest BCUT2D eigenvalue weighted by Crippen LogP contribution is -2.13. The van der Waals surface area contributed by atoms with Gasteiger partial charge in [-0.3, -0.25) is 4.79 Å². The molecule has 1 amide bonds. The predicted molar refractivity (Wildman–Crippen MR) is 58.4 cm³/mol. The van der Waals surface area contributed by atoms with E-state index in [0.717, 1.165) is 16.3 Å². The van der Waals surface area contributed by atoms with Crippen molar-refractivity contribution in [3.63, 3.8) is 0 Å². The van der Waals surface area contributed by atoms with E-state index in [1.807, 2.05) is 23.7 Å². The molecule has 0 aromatic carbocycles. The average molecular weight is 222 g/mol. The van der Waals surface area contributed by atoms with Crippen molar-refractivity contribution in [2.24, 2.45) is 12.8 Å². The molecule has 78 valence electrons. The molecule has 0 aliphatic carbocycles. The number of fused-ring (bicyclic) bond motifs is 1. The molecule has 0 bridgehead atoms. The van der Waals surface area contributed by atoms with Gasteiger partial charge in [0.15, 0.2) is 10.8 Å². The first-order chi connectivity index (χ1) is 7.18. The van der Waals surface area contributed by atoms with Gasteiger partial charge in [-0.25, -0.2) is 9.97 Å². The number of hydrogen-bond donors (Lipinski definition) is 1. The minimum atomic E-state index is -0.347. The van der Waals surface area contributed by atoms with Crippen LogP contribution in [-0.2, 0) is 11.8 Å². The summed E-state index contributed by atoms with van der Waals surface area (Å²) in [5.41, 5.74) is 6.71. The Balaban J connectivity index is 2.36. The highest BCUT2D eigenvalue weighted by molar-refractivity contribution is 7.99. The maximum Gasteiger partial charge on any atom is 0.227 e. The molecule has 0 saturated heterocycles. The lowest BCUT2D eigenvalue weighted by atomic mass is 10.4. The molecule has 2 aromatic heterocycles. The second kappa shape index (κ2) is 3.90. The van der Waals surface area contributed by atoms with Gasteiger partial charge in [0, 0.05) is 13.2 Å². The van der Waals surface area contributed by atoms with Gasteiger partial charge < -0.3 is 10.3 Å². The van der Waals surface area contributed by atoms with E-state index in [-0.39, 0.29) is 11.7 Å². The molecule has 0 atom stereocenters. The first-order valence-corrected chi connectivity index (χ1v) is 5.35. The molecule has 2 rings (SSSR count). The van der Waals surface area contributed by atoms with Crippen molar-refractivity contribution in [1.82, 2.24) is 14.5 Å². The summed E-state index contributed by atoms with van der Waals surface area (Å²) < 4.78 is 1.85. The highest BCUT2D eigenvalue weighted by Gasteiger charge is 2.09. The molecular weight excluding hydrogens is 212 g/mol. The van der Waals surface area contributed by atoms with Gasteiger partial charge in [-0.2, -0.15) is 0 Å². The third-order valence-electron chi connectivity index (χ3n) is 1.93. The van der Waals surface area contributed by atoms with Crippen molar-refractivity contribution in [2.75, 3.05) is 5.75 Å². The predicted octanol–water partition coefficient (Wildman–Crippen LogP) is 0.546. The summed E-state index contributed by atoms with van der Waals surface area (Å²) in [6.07, 6.45) is 1.71. The molecule has 0 saturated carbocycles. The quantitative estimate of drug-likeness (QED) is 0.769. The molecule has 2 aromatic rings. The number of aromatic nitrogens is 3. The Morgan fingerprint density at radius 3 is 3.13 bits per heavy atom. The van der Waals surface area contributed by atoms with E-state index in [2.05, 4.69) is 9.97 Å². The second-order valence-electron chi connectivity index (χ2n) is 3.05. The van der Waals surface area contributed by atoms with Gasteiger partial charge >= 0.3 is 0 Å². The number of carbonyl (C=O) groups excluding carboxylic acids is 1. The summed E-state index contributed by atoms with van der Waals surface area (Å²) in [5.74, 6) is -0.114. The van der Waals surface area contributed by atoms with Crippen LogP contribution in [0.3, 0.4) is 0 Å². The number of primary amides is 1. The number of nitrogens with two attached hydrogens (primary N) is 1. The average Bonchev–Trinajstić information content (AvgIpc) is 2.54. The maximum absolute atomic E-state index is 10.6. The summed E-state index contributed by atoms with van der Waals surface area (Å²) in [4.78, 5) is 19.2. The molecule has 6 heteroatoms. The van der Waals surface area contributed by atoms with Crippen LogP contribution in [0.4, 0.5) is 0 Å². The third kappa shape index (κ3) is 1.94. The molecule has 2 heterocycles. The van der Waals surface area contributed by atoms with Crippen LogP contribution in [0, 0.1) is 0 Å². The third-order valence-corrected chi connectivity index (χ3v) is 2.98. The molecule has 0 aliphatic heterocycles. The number of imidazole rings is 1. The van der Waals surface area contributed by atoms with Crippen LogP contribution in [0.5, 0.6) is 0 Å². The smallest absolute Gasteiger partial charge is 0.227 e. The van der Waals surface area contributed by atoms with Gasteiger partial charge in [-0.05, 0) is 12.1 Å². The van der Waals surface area contributed by atoms with Gasteiger partial charge in [0.05, 0.1) is 5.75 Å². The van der Waals surface area contributed by atoms with Crippen molar-refractivity contribution in [2.45, 2.75) is 5.16 Å². The Kier molecular flexibility index (Phi) is 2.59. The van der Waals surface area contributed by atoms with Crippen molar-refractivity contribution in [1.29, 1.82) is 0 Å². The van der Waals surface area contributed by atoms with Crippen LogP contribution in [0.15, 0.2) is 23.5 Å². The van der Waals surface area contributed by atoms with Crippen molar-refractivity contribution in [3.8, 4) is 0 Å². The number of aryl methyl sites for hydroxylation is 1.